The van der Waals surface area contributed by atoms with Crippen LogP contribution in [-0.2, 0) is 0 Å². The Morgan fingerprint density at radius 1 is 1.05 bits per heavy atom. The highest BCUT2D eigenvalue weighted by atomic mass is 19.1. The number of halogens is 1. The summed E-state index contributed by atoms with van der Waals surface area (Å²) in [7, 11) is 0. The van der Waals surface area contributed by atoms with Crippen LogP contribution in [0.3, 0.4) is 0 Å². The fraction of sp³-hybridized carbons (Fsp3) is 0.167. The van der Waals surface area contributed by atoms with Crippen molar-refractivity contribution in [1.82, 2.24) is 10.3 Å². The monoisotopic (exact) mass is 280 g/mol. The normalized spacial score (nSPS) is 12.5. The van der Waals surface area contributed by atoms with Gasteiger partial charge in [-0.15, -0.1) is 0 Å². The Hall–Kier alpha value is -2.26. The van der Waals surface area contributed by atoms with E-state index in [1.54, 1.807) is 12.3 Å². The van der Waals surface area contributed by atoms with Crippen LogP contribution in [0.15, 0.2) is 60.9 Å². The predicted molar refractivity (Wildman–Crippen MR) is 83.7 cm³/mol. The van der Waals surface area contributed by atoms with E-state index in [0.717, 1.165) is 22.9 Å². The summed E-state index contributed by atoms with van der Waals surface area (Å²) in [4.78, 5) is 4.21. The van der Waals surface area contributed by atoms with Crippen molar-refractivity contribution in [3.05, 3.63) is 77.9 Å². The molecule has 1 unspecified atom stereocenters. The first-order chi connectivity index (χ1) is 10.3. The molecule has 1 aromatic heterocycles. The summed E-state index contributed by atoms with van der Waals surface area (Å²) in [5.74, 6) is -0.190. The van der Waals surface area contributed by atoms with Gasteiger partial charge in [0.05, 0.1) is 6.04 Å². The standard InChI is InChI=1S/C18H17FN2/c1-2-21-18(15-7-3-4-9-17(15)19)14-8-5-6-13-10-11-20-12-16(13)14/h3-12,18,21H,2H2,1H3. The predicted octanol–water partition coefficient (Wildman–Crippen LogP) is 4.07. The number of benzene rings is 2. The second-order valence-electron chi connectivity index (χ2n) is 4.96. The van der Waals surface area contributed by atoms with Crippen molar-refractivity contribution in [2.24, 2.45) is 0 Å². The van der Waals surface area contributed by atoms with Crippen LogP contribution in [0.1, 0.15) is 24.1 Å². The van der Waals surface area contributed by atoms with E-state index >= 15 is 0 Å². The molecule has 0 bridgehead atoms. The first-order valence-electron chi connectivity index (χ1n) is 7.11. The lowest BCUT2D eigenvalue weighted by Gasteiger charge is -2.21. The number of hydrogen-bond acceptors (Lipinski definition) is 2. The minimum atomic E-state index is -0.190. The third-order valence-corrected chi connectivity index (χ3v) is 3.65. The van der Waals surface area contributed by atoms with E-state index in [4.69, 9.17) is 0 Å². The average molecular weight is 280 g/mol. The molecule has 1 heterocycles. The van der Waals surface area contributed by atoms with Crippen molar-refractivity contribution in [3.8, 4) is 0 Å². The molecule has 0 saturated carbocycles. The van der Waals surface area contributed by atoms with Gasteiger partial charge in [0, 0.05) is 23.3 Å². The summed E-state index contributed by atoms with van der Waals surface area (Å²) < 4.78 is 14.2. The average Bonchev–Trinajstić information content (AvgIpc) is 2.53. The summed E-state index contributed by atoms with van der Waals surface area (Å²) in [6.07, 6.45) is 3.62. The summed E-state index contributed by atoms with van der Waals surface area (Å²) in [5, 5.41) is 5.54. The van der Waals surface area contributed by atoms with E-state index < -0.39 is 0 Å². The number of hydrogen-bond donors (Lipinski definition) is 1. The minimum Gasteiger partial charge on any atom is -0.306 e. The van der Waals surface area contributed by atoms with Crippen LogP contribution in [0.4, 0.5) is 4.39 Å². The maximum absolute atomic E-state index is 14.2. The second-order valence-corrected chi connectivity index (χ2v) is 4.96. The van der Waals surface area contributed by atoms with Crippen LogP contribution >= 0.6 is 0 Å². The lowest BCUT2D eigenvalue weighted by atomic mass is 9.94. The number of rotatable bonds is 4. The molecule has 2 aromatic carbocycles. The number of pyridine rings is 1. The lowest BCUT2D eigenvalue weighted by Crippen LogP contribution is -2.23. The Morgan fingerprint density at radius 2 is 1.86 bits per heavy atom. The Labute approximate surface area is 123 Å². The van der Waals surface area contributed by atoms with Gasteiger partial charge in [0.1, 0.15) is 5.82 Å². The molecule has 0 amide bonds. The summed E-state index contributed by atoms with van der Waals surface area (Å²) >= 11 is 0. The van der Waals surface area contributed by atoms with Crippen LogP contribution < -0.4 is 5.32 Å². The Morgan fingerprint density at radius 3 is 2.67 bits per heavy atom. The third-order valence-electron chi connectivity index (χ3n) is 3.65. The molecule has 0 aliphatic rings. The van der Waals surface area contributed by atoms with Gasteiger partial charge < -0.3 is 5.32 Å². The van der Waals surface area contributed by atoms with E-state index in [0.29, 0.717) is 5.56 Å². The Kier molecular flexibility index (Phi) is 3.93. The molecule has 2 nitrogen and oxygen atoms in total. The molecule has 3 rings (SSSR count). The molecule has 0 spiro atoms. The quantitative estimate of drug-likeness (QED) is 0.779. The van der Waals surface area contributed by atoms with Crippen molar-refractivity contribution in [2.45, 2.75) is 13.0 Å². The lowest BCUT2D eigenvalue weighted by molar-refractivity contribution is 0.561. The Bertz CT molecular complexity index is 750. The fourth-order valence-corrected chi connectivity index (χ4v) is 2.69. The minimum absolute atomic E-state index is 0.177. The topological polar surface area (TPSA) is 24.9 Å². The molecule has 0 radical (unpaired) electrons. The van der Waals surface area contributed by atoms with E-state index in [1.165, 1.54) is 6.07 Å². The maximum Gasteiger partial charge on any atom is 0.128 e. The highest BCUT2D eigenvalue weighted by Gasteiger charge is 2.18. The SMILES string of the molecule is CCNC(c1ccccc1F)c1cccc2ccncc12. The first-order valence-corrected chi connectivity index (χ1v) is 7.11. The van der Waals surface area contributed by atoms with E-state index in [2.05, 4.69) is 10.3 Å². The van der Waals surface area contributed by atoms with Crippen molar-refractivity contribution < 1.29 is 4.39 Å². The molecular weight excluding hydrogens is 263 g/mol. The van der Waals surface area contributed by atoms with Crippen LogP contribution in [-0.4, -0.2) is 11.5 Å². The third kappa shape index (κ3) is 2.65. The van der Waals surface area contributed by atoms with Crippen molar-refractivity contribution >= 4 is 10.8 Å². The van der Waals surface area contributed by atoms with Crippen molar-refractivity contribution in [3.63, 3.8) is 0 Å². The van der Waals surface area contributed by atoms with Crippen LogP contribution in [0, 0.1) is 5.82 Å². The van der Waals surface area contributed by atoms with E-state index in [1.807, 2.05) is 49.5 Å². The first kappa shape index (κ1) is 13.7. The van der Waals surface area contributed by atoms with E-state index in [-0.39, 0.29) is 11.9 Å². The molecule has 106 valence electrons. The van der Waals surface area contributed by atoms with Crippen molar-refractivity contribution in [2.75, 3.05) is 6.54 Å². The molecule has 0 aliphatic carbocycles. The summed E-state index contributed by atoms with van der Waals surface area (Å²) in [5.41, 5.74) is 1.71. The highest BCUT2D eigenvalue weighted by Crippen LogP contribution is 2.29. The van der Waals surface area contributed by atoms with Gasteiger partial charge in [-0.25, -0.2) is 4.39 Å². The smallest absolute Gasteiger partial charge is 0.128 e. The molecule has 3 aromatic rings. The van der Waals surface area contributed by atoms with E-state index in [9.17, 15) is 4.39 Å². The van der Waals surface area contributed by atoms with Gasteiger partial charge in [-0.2, -0.15) is 0 Å². The van der Waals surface area contributed by atoms with Crippen LogP contribution in [0.25, 0.3) is 10.8 Å². The highest BCUT2D eigenvalue weighted by molar-refractivity contribution is 5.85. The van der Waals surface area contributed by atoms with Gasteiger partial charge in [-0.05, 0) is 29.6 Å². The Balaban J connectivity index is 2.19. The number of fused-ring (bicyclic) bond motifs is 1. The fourth-order valence-electron chi connectivity index (χ4n) is 2.69. The molecule has 1 atom stereocenters. The number of aromatic nitrogens is 1. The van der Waals surface area contributed by atoms with Gasteiger partial charge in [-0.1, -0.05) is 43.3 Å². The van der Waals surface area contributed by atoms with Gasteiger partial charge in [0.25, 0.3) is 0 Å². The van der Waals surface area contributed by atoms with Gasteiger partial charge >= 0.3 is 0 Å². The zero-order valence-electron chi connectivity index (χ0n) is 11.9. The van der Waals surface area contributed by atoms with Gasteiger partial charge in [0.15, 0.2) is 0 Å². The second kappa shape index (κ2) is 6.02. The zero-order valence-corrected chi connectivity index (χ0v) is 11.9. The molecule has 0 fully saturated rings. The van der Waals surface area contributed by atoms with Crippen molar-refractivity contribution in [1.29, 1.82) is 0 Å². The molecule has 0 saturated heterocycles. The maximum atomic E-state index is 14.2. The number of nitrogens with one attached hydrogen (secondary N) is 1. The summed E-state index contributed by atoms with van der Waals surface area (Å²) in [6.45, 7) is 2.78. The molecule has 0 aliphatic heterocycles. The summed E-state index contributed by atoms with van der Waals surface area (Å²) in [6, 6.07) is 14.8. The van der Waals surface area contributed by atoms with Gasteiger partial charge in [-0.3, -0.25) is 4.98 Å². The molecule has 1 N–H and O–H groups in total. The van der Waals surface area contributed by atoms with Gasteiger partial charge in [0.2, 0.25) is 0 Å². The van der Waals surface area contributed by atoms with Crippen LogP contribution in [0.5, 0.6) is 0 Å². The number of nitrogens with zero attached hydrogens (tertiary/aromatic N) is 1. The van der Waals surface area contributed by atoms with Crippen LogP contribution in [0.2, 0.25) is 0 Å². The molecule has 21 heavy (non-hydrogen) atoms. The molecule has 3 heteroatoms. The zero-order chi connectivity index (χ0) is 14.7. The largest absolute Gasteiger partial charge is 0.306 e. The molecular formula is C18H17FN2.